The predicted molar refractivity (Wildman–Crippen MR) is 50.4 cm³/mol. The van der Waals surface area contributed by atoms with Crippen LogP contribution < -0.4 is 5.32 Å². The fourth-order valence-electron chi connectivity index (χ4n) is 1.33. The fourth-order valence-corrected chi connectivity index (χ4v) is 3.17. The van der Waals surface area contributed by atoms with E-state index in [0.717, 1.165) is 19.4 Å². The molecule has 0 saturated carbocycles. The topological polar surface area (TPSA) is 46.2 Å². The average Bonchev–Trinajstić information content (AvgIpc) is 2.31. The van der Waals surface area contributed by atoms with Gasteiger partial charge in [0, 0.05) is 11.9 Å². The summed E-state index contributed by atoms with van der Waals surface area (Å²) in [4.78, 5) is 0. The number of alkyl halides is 1. The molecule has 1 aliphatic heterocycles. The molecule has 1 aliphatic rings. The third-order valence-corrected chi connectivity index (χ3v) is 4.01. The van der Waals surface area contributed by atoms with Crippen LogP contribution >= 0.6 is 11.6 Å². The van der Waals surface area contributed by atoms with Gasteiger partial charge in [0.05, 0.1) is 11.5 Å². The second-order valence-electron chi connectivity index (χ2n) is 3.10. The van der Waals surface area contributed by atoms with Gasteiger partial charge in [0.2, 0.25) is 0 Å². The van der Waals surface area contributed by atoms with E-state index in [4.69, 9.17) is 11.6 Å². The van der Waals surface area contributed by atoms with Crippen LogP contribution in [0.1, 0.15) is 12.8 Å². The Bertz CT molecular complexity index is 228. The number of sulfone groups is 1. The van der Waals surface area contributed by atoms with Crippen molar-refractivity contribution in [3.63, 3.8) is 0 Å². The summed E-state index contributed by atoms with van der Waals surface area (Å²) in [5.41, 5.74) is 0. The summed E-state index contributed by atoms with van der Waals surface area (Å²) in [5, 5.41) is 3.17. The van der Waals surface area contributed by atoms with Crippen LogP contribution in [0.25, 0.3) is 0 Å². The van der Waals surface area contributed by atoms with E-state index in [2.05, 4.69) is 5.32 Å². The lowest BCUT2D eigenvalue weighted by Crippen LogP contribution is -2.30. The first-order valence-corrected chi connectivity index (χ1v) is 6.49. The van der Waals surface area contributed by atoms with Crippen LogP contribution in [0.5, 0.6) is 0 Å². The number of halogens is 1. The molecule has 1 N–H and O–H groups in total. The molecule has 0 aromatic heterocycles. The molecular weight excluding hydrogens is 198 g/mol. The standard InChI is InChI=1S/C7H14ClNO2S/c8-3-1-4-9-7-2-5-12(10,11)6-7/h7,9H,1-6H2. The van der Waals surface area contributed by atoms with Crippen molar-refractivity contribution >= 4 is 21.4 Å². The highest BCUT2D eigenvalue weighted by molar-refractivity contribution is 7.91. The normalized spacial score (nSPS) is 27.6. The van der Waals surface area contributed by atoms with Crippen molar-refractivity contribution in [1.82, 2.24) is 5.32 Å². The molecule has 5 heteroatoms. The second kappa shape index (κ2) is 4.44. The van der Waals surface area contributed by atoms with Gasteiger partial charge >= 0.3 is 0 Å². The summed E-state index contributed by atoms with van der Waals surface area (Å²) in [7, 11) is -2.73. The van der Waals surface area contributed by atoms with Gasteiger partial charge in [0.25, 0.3) is 0 Å². The van der Waals surface area contributed by atoms with Crippen LogP contribution in [0.3, 0.4) is 0 Å². The Hall–Kier alpha value is 0.200. The highest BCUT2D eigenvalue weighted by atomic mass is 35.5. The van der Waals surface area contributed by atoms with Crippen LogP contribution in [0.15, 0.2) is 0 Å². The monoisotopic (exact) mass is 211 g/mol. The van der Waals surface area contributed by atoms with Gasteiger partial charge in [-0.3, -0.25) is 0 Å². The Morgan fingerprint density at radius 1 is 1.50 bits per heavy atom. The number of nitrogens with one attached hydrogen (secondary N) is 1. The number of hydrogen-bond acceptors (Lipinski definition) is 3. The summed E-state index contributed by atoms with van der Waals surface area (Å²) in [6.45, 7) is 0.823. The Balaban J connectivity index is 2.20. The molecule has 0 amide bonds. The summed E-state index contributed by atoms with van der Waals surface area (Å²) in [6.07, 6.45) is 1.66. The molecule has 0 aliphatic carbocycles. The van der Waals surface area contributed by atoms with E-state index in [1.165, 1.54) is 0 Å². The van der Waals surface area contributed by atoms with E-state index in [1.54, 1.807) is 0 Å². The lowest BCUT2D eigenvalue weighted by atomic mass is 10.2. The van der Waals surface area contributed by atoms with Gasteiger partial charge in [0.15, 0.2) is 9.84 Å². The van der Waals surface area contributed by atoms with Gasteiger partial charge in [-0.25, -0.2) is 8.42 Å². The molecule has 1 heterocycles. The van der Waals surface area contributed by atoms with Gasteiger partial charge in [0.1, 0.15) is 0 Å². The molecule has 1 unspecified atom stereocenters. The van der Waals surface area contributed by atoms with Crippen molar-refractivity contribution in [2.75, 3.05) is 23.9 Å². The zero-order valence-electron chi connectivity index (χ0n) is 6.92. The highest BCUT2D eigenvalue weighted by Gasteiger charge is 2.26. The molecule has 12 heavy (non-hydrogen) atoms. The predicted octanol–water partition coefficient (Wildman–Crippen LogP) is 0.392. The maximum Gasteiger partial charge on any atom is 0.151 e. The summed E-state index contributed by atoms with van der Waals surface area (Å²) in [6, 6.07) is 0.165. The first-order valence-electron chi connectivity index (χ1n) is 4.14. The Morgan fingerprint density at radius 3 is 2.75 bits per heavy atom. The Kier molecular flexibility index (Phi) is 3.80. The summed E-state index contributed by atoms with van der Waals surface area (Å²) >= 11 is 5.48. The molecule has 0 bridgehead atoms. The smallest absolute Gasteiger partial charge is 0.151 e. The van der Waals surface area contributed by atoms with Crippen LogP contribution in [0.4, 0.5) is 0 Å². The molecule has 1 atom stereocenters. The highest BCUT2D eigenvalue weighted by Crippen LogP contribution is 2.10. The third kappa shape index (κ3) is 3.29. The van der Waals surface area contributed by atoms with Crippen LogP contribution in [-0.4, -0.2) is 38.4 Å². The van der Waals surface area contributed by atoms with Gasteiger partial charge in [-0.1, -0.05) is 0 Å². The Morgan fingerprint density at radius 2 is 2.25 bits per heavy atom. The Labute approximate surface area is 78.4 Å². The van der Waals surface area contributed by atoms with Crippen molar-refractivity contribution in [3.05, 3.63) is 0 Å². The van der Waals surface area contributed by atoms with Crippen LogP contribution in [0.2, 0.25) is 0 Å². The van der Waals surface area contributed by atoms with Crippen LogP contribution in [0, 0.1) is 0 Å². The molecule has 1 saturated heterocycles. The maximum absolute atomic E-state index is 11.0. The van der Waals surface area contributed by atoms with E-state index < -0.39 is 9.84 Å². The minimum absolute atomic E-state index is 0.165. The first-order chi connectivity index (χ1) is 5.64. The van der Waals surface area contributed by atoms with Crippen molar-refractivity contribution < 1.29 is 8.42 Å². The molecule has 3 nitrogen and oxygen atoms in total. The quantitative estimate of drug-likeness (QED) is 0.541. The number of rotatable bonds is 4. The maximum atomic E-state index is 11.0. The van der Waals surface area contributed by atoms with Gasteiger partial charge in [-0.05, 0) is 19.4 Å². The zero-order chi connectivity index (χ0) is 9.03. The minimum Gasteiger partial charge on any atom is -0.313 e. The second-order valence-corrected chi connectivity index (χ2v) is 5.70. The van der Waals surface area contributed by atoms with Gasteiger partial charge in [-0.15, -0.1) is 11.6 Å². The molecule has 0 aromatic rings. The fraction of sp³-hybridized carbons (Fsp3) is 1.00. The van der Waals surface area contributed by atoms with Gasteiger partial charge < -0.3 is 5.32 Å². The summed E-state index contributed by atoms with van der Waals surface area (Å²) in [5.74, 6) is 1.27. The molecule has 1 fully saturated rings. The molecule has 72 valence electrons. The minimum atomic E-state index is -2.73. The molecule has 0 spiro atoms. The molecular formula is C7H14ClNO2S. The summed E-state index contributed by atoms with van der Waals surface area (Å²) < 4.78 is 22.0. The average molecular weight is 212 g/mol. The molecule has 1 rings (SSSR count). The lowest BCUT2D eigenvalue weighted by Gasteiger charge is -2.08. The number of hydrogen-bond donors (Lipinski definition) is 1. The van der Waals surface area contributed by atoms with Crippen molar-refractivity contribution in [3.8, 4) is 0 Å². The first kappa shape index (κ1) is 10.3. The SMILES string of the molecule is O=S1(=O)CCC(NCCCCl)C1. The van der Waals surface area contributed by atoms with Crippen molar-refractivity contribution in [2.45, 2.75) is 18.9 Å². The molecule has 0 radical (unpaired) electrons. The van der Waals surface area contributed by atoms with E-state index in [0.29, 0.717) is 17.4 Å². The van der Waals surface area contributed by atoms with E-state index in [-0.39, 0.29) is 6.04 Å². The zero-order valence-corrected chi connectivity index (χ0v) is 8.50. The van der Waals surface area contributed by atoms with E-state index in [9.17, 15) is 8.42 Å². The van der Waals surface area contributed by atoms with Gasteiger partial charge in [-0.2, -0.15) is 0 Å². The van der Waals surface area contributed by atoms with E-state index >= 15 is 0 Å². The van der Waals surface area contributed by atoms with Crippen LogP contribution in [-0.2, 0) is 9.84 Å². The third-order valence-electron chi connectivity index (χ3n) is 1.98. The largest absolute Gasteiger partial charge is 0.313 e. The molecule has 0 aromatic carbocycles. The van der Waals surface area contributed by atoms with Crippen molar-refractivity contribution in [1.29, 1.82) is 0 Å². The van der Waals surface area contributed by atoms with E-state index in [1.807, 2.05) is 0 Å². The van der Waals surface area contributed by atoms with Crippen molar-refractivity contribution in [2.24, 2.45) is 0 Å². The lowest BCUT2D eigenvalue weighted by molar-refractivity contribution is 0.553.